The van der Waals surface area contributed by atoms with Crippen LogP contribution in [0.5, 0.6) is 5.75 Å². The molecule has 150 valence electrons. The van der Waals surface area contributed by atoms with Gasteiger partial charge in [0.25, 0.3) is 5.91 Å². The van der Waals surface area contributed by atoms with Crippen molar-refractivity contribution >= 4 is 23.4 Å². The van der Waals surface area contributed by atoms with E-state index in [-0.39, 0.29) is 37.2 Å². The minimum Gasteiger partial charge on any atom is -0.488 e. The van der Waals surface area contributed by atoms with E-state index in [0.717, 1.165) is 0 Å². The number of fused-ring (bicyclic) bond motifs is 1. The molecule has 2 N–H and O–H groups in total. The second-order valence-electron chi connectivity index (χ2n) is 7.00. The minimum absolute atomic E-state index is 0.00438. The highest BCUT2D eigenvalue weighted by Crippen LogP contribution is 2.34. The van der Waals surface area contributed by atoms with Crippen LogP contribution >= 0.6 is 0 Å². The molecule has 2 aromatic rings. The molecule has 0 aromatic heterocycles. The van der Waals surface area contributed by atoms with Crippen LogP contribution in [0.25, 0.3) is 0 Å². The maximum atomic E-state index is 14.4. The summed E-state index contributed by atoms with van der Waals surface area (Å²) in [7, 11) is 1.64. The van der Waals surface area contributed by atoms with Crippen LogP contribution in [0.3, 0.4) is 0 Å². The Balaban J connectivity index is 1.54. The summed E-state index contributed by atoms with van der Waals surface area (Å²) in [6.45, 7) is 0.208. The highest BCUT2D eigenvalue weighted by atomic mass is 19.1. The molecule has 0 unspecified atom stereocenters. The fraction of sp³-hybridized carbons (Fsp3) is 0.286. The molecule has 29 heavy (non-hydrogen) atoms. The van der Waals surface area contributed by atoms with Crippen molar-refractivity contribution in [2.45, 2.75) is 32.0 Å². The average molecular weight is 397 g/mol. The van der Waals surface area contributed by atoms with Crippen molar-refractivity contribution in [2.24, 2.45) is 0 Å². The fourth-order valence-corrected chi connectivity index (χ4v) is 3.73. The average Bonchev–Trinajstić information content (AvgIpc) is 3.04. The molecule has 0 radical (unpaired) electrons. The molecular weight excluding hydrogens is 377 g/mol. The van der Waals surface area contributed by atoms with Crippen molar-refractivity contribution in [1.29, 1.82) is 0 Å². The van der Waals surface area contributed by atoms with Gasteiger partial charge in [0.2, 0.25) is 11.8 Å². The van der Waals surface area contributed by atoms with Crippen molar-refractivity contribution in [3.8, 4) is 5.75 Å². The first-order valence-corrected chi connectivity index (χ1v) is 9.34. The first-order valence-electron chi connectivity index (χ1n) is 9.34. The zero-order valence-electron chi connectivity index (χ0n) is 15.8. The van der Waals surface area contributed by atoms with Crippen LogP contribution in [0, 0.1) is 5.82 Å². The second-order valence-corrected chi connectivity index (χ2v) is 7.00. The van der Waals surface area contributed by atoms with E-state index in [9.17, 15) is 18.8 Å². The summed E-state index contributed by atoms with van der Waals surface area (Å²) in [5.41, 5.74) is 1.88. The number of halogens is 1. The van der Waals surface area contributed by atoms with Crippen LogP contribution in [-0.4, -0.2) is 35.7 Å². The minimum atomic E-state index is -0.690. The molecule has 8 heteroatoms. The predicted molar refractivity (Wildman–Crippen MR) is 103 cm³/mol. The lowest BCUT2D eigenvalue weighted by molar-refractivity contribution is -0.136. The summed E-state index contributed by atoms with van der Waals surface area (Å²) in [6.07, 6.45) is 0.490. The number of benzene rings is 2. The molecule has 1 saturated heterocycles. The molecule has 3 amide bonds. The number of piperidine rings is 1. The largest absolute Gasteiger partial charge is 0.488 e. The second kappa shape index (κ2) is 7.54. The molecule has 1 fully saturated rings. The van der Waals surface area contributed by atoms with Gasteiger partial charge in [-0.05, 0) is 24.6 Å². The van der Waals surface area contributed by atoms with Gasteiger partial charge >= 0.3 is 0 Å². The first kappa shape index (κ1) is 18.9. The van der Waals surface area contributed by atoms with Gasteiger partial charge < -0.3 is 15.0 Å². The normalized spacial score (nSPS) is 18.5. The number of nitrogens with zero attached hydrogens (tertiary/aromatic N) is 1. The van der Waals surface area contributed by atoms with Crippen molar-refractivity contribution in [1.82, 2.24) is 10.2 Å². The number of carbonyl (C=O) groups is 3. The molecule has 2 aliphatic heterocycles. The summed E-state index contributed by atoms with van der Waals surface area (Å²) >= 11 is 0. The Morgan fingerprint density at radius 3 is 2.76 bits per heavy atom. The Kier molecular flexibility index (Phi) is 4.92. The van der Waals surface area contributed by atoms with Crippen LogP contribution < -0.4 is 15.4 Å². The summed E-state index contributed by atoms with van der Waals surface area (Å²) in [6, 6.07) is 9.41. The summed E-state index contributed by atoms with van der Waals surface area (Å²) < 4.78 is 20.3. The molecule has 7 nitrogen and oxygen atoms in total. The highest BCUT2D eigenvalue weighted by Gasteiger charge is 2.40. The van der Waals surface area contributed by atoms with E-state index in [1.54, 1.807) is 43.4 Å². The zero-order chi connectivity index (χ0) is 20.5. The van der Waals surface area contributed by atoms with E-state index in [4.69, 9.17) is 4.74 Å². The number of nitrogens with one attached hydrogen (secondary N) is 2. The third kappa shape index (κ3) is 3.41. The molecule has 2 heterocycles. The van der Waals surface area contributed by atoms with E-state index in [1.807, 2.05) is 0 Å². The van der Waals surface area contributed by atoms with Gasteiger partial charge in [-0.15, -0.1) is 0 Å². The quantitative estimate of drug-likeness (QED) is 0.756. The third-order valence-electron chi connectivity index (χ3n) is 5.27. The zero-order valence-corrected chi connectivity index (χ0v) is 15.8. The van der Waals surface area contributed by atoms with Crippen LogP contribution in [0.1, 0.15) is 34.3 Å². The molecule has 0 saturated carbocycles. The van der Waals surface area contributed by atoms with Crippen LogP contribution in [0.15, 0.2) is 36.4 Å². The summed E-state index contributed by atoms with van der Waals surface area (Å²) in [5, 5.41) is 5.07. The van der Waals surface area contributed by atoms with E-state index in [0.29, 0.717) is 34.5 Å². The smallest absolute Gasteiger partial charge is 0.255 e. The van der Waals surface area contributed by atoms with E-state index >= 15 is 0 Å². The molecule has 0 bridgehead atoms. The number of rotatable bonds is 5. The number of carbonyl (C=O) groups excluding carboxylic acids is 3. The van der Waals surface area contributed by atoms with Gasteiger partial charge in [-0.25, -0.2) is 4.39 Å². The molecule has 0 spiro atoms. The fourth-order valence-electron chi connectivity index (χ4n) is 3.73. The van der Waals surface area contributed by atoms with Gasteiger partial charge in [0.15, 0.2) is 5.82 Å². The summed E-state index contributed by atoms with van der Waals surface area (Å²) in [5.74, 6) is -0.979. The van der Waals surface area contributed by atoms with Gasteiger partial charge in [-0.1, -0.05) is 18.2 Å². The maximum Gasteiger partial charge on any atom is 0.255 e. The maximum absolute atomic E-state index is 14.4. The molecule has 1 atom stereocenters. The number of hydrogen-bond acceptors (Lipinski definition) is 5. The van der Waals surface area contributed by atoms with Crippen LogP contribution in [0.4, 0.5) is 10.1 Å². The van der Waals surface area contributed by atoms with Gasteiger partial charge in [-0.2, -0.15) is 0 Å². The Labute approximate surface area is 166 Å². The Hall–Kier alpha value is -3.42. The van der Waals surface area contributed by atoms with Crippen LogP contribution in [-0.2, 0) is 22.7 Å². The highest BCUT2D eigenvalue weighted by molar-refractivity contribution is 6.05. The molecular formula is C21H20FN3O4. The lowest BCUT2D eigenvalue weighted by Crippen LogP contribution is -2.52. The molecule has 2 aromatic carbocycles. The van der Waals surface area contributed by atoms with E-state index in [2.05, 4.69) is 10.6 Å². The van der Waals surface area contributed by atoms with Crippen molar-refractivity contribution in [3.05, 3.63) is 58.9 Å². The Bertz CT molecular complexity index is 1010. The van der Waals surface area contributed by atoms with Crippen LogP contribution in [0.2, 0.25) is 0 Å². The van der Waals surface area contributed by atoms with Crippen molar-refractivity contribution < 1.29 is 23.5 Å². The standard InChI is InChI=1S/C21H20FN3O4/c1-23-15-6-2-4-12(19(15)22)11-29-17-7-3-5-13-14(17)10-25(21(13)28)16-8-9-18(26)24-20(16)27/h2-7,16,23H,8-11H2,1H3,(H,24,26,27)/t16-/m1/s1. The Morgan fingerprint density at radius 2 is 2.00 bits per heavy atom. The van der Waals surface area contributed by atoms with Gasteiger partial charge in [0.1, 0.15) is 18.4 Å². The third-order valence-corrected chi connectivity index (χ3v) is 5.27. The Morgan fingerprint density at radius 1 is 1.21 bits per heavy atom. The van der Waals surface area contributed by atoms with Crippen molar-refractivity contribution in [3.63, 3.8) is 0 Å². The number of ether oxygens (including phenoxy) is 1. The lowest BCUT2D eigenvalue weighted by atomic mass is 10.0. The molecule has 0 aliphatic carbocycles. The number of hydrogen-bond donors (Lipinski definition) is 2. The van der Waals surface area contributed by atoms with Gasteiger partial charge in [0.05, 0.1) is 12.2 Å². The monoisotopic (exact) mass is 397 g/mol. The van der Waals surface area contributed by atoms with Crippen molar-refractivity contribution in [2.75, 3.05) is 12.4 Å². The number of anilines is 1. The van der Waals surface area contributed by atoms with E-state index in [1.165, 1.54) is 4.90 Å². The topological polar surface area (TPSA) is 87.7 Å². The molecule has 4 rings (SSSR count). The first-order chi connectivity index (χ1) is 14.0. The van der Waals surface area contributed by atoms with Gasteiger partial charge in [0, 0.05) is 30.2 Å². The van der Waals surface area contributed by atoms with Gasteiger partial charge in [-0.3, -0.25) is 19.7 Å². The predicted octanol–water partition coefficient (Wildman–Crippen LogP) is 2.21. The SMILES string of the molecule is CNc1cccc(COc2cccc3c2CN([C@@H]2CCC(=O)NC2=O)C3=O)c1F. The lowest BCUT2D eigenvalue weighted by Gasteiger charge is -2.29. The molecule has 2 aliphatic rings. The summed E-state index contributed by atoms with van der Waals surface area (Å²) in [4.78, 5) is 37.9. The number of amides is 3. The number of imide groups is 1. The van der Waals surface area contributed by atoms with E-state index < -0.39 is 11.9 Å².